The third-order valence-electron chi connectivity index (χ3n) is 4.69. The molecule has 1 atom stereocenters. The van der Waals surface area contributed by atoms with Crippen molar-refractivity contribution in [1.29, 1.82) is 0 Å². The Morgan fingerprint density at radius 2 is 1.62 bits per heavy atom. The Morgan fingerprint density at radius 1 is 0.897 bits per heavy atom. The highest BCUT2D eigenvalue weighted by atomic mass is 16.3. The van der Waals surface area contributed by atoms with Gasteiger partial charge < -0.3 is 10.4 Å². The Kier molecular flexibility index (Phi) is 5.16. The third-order valence-corrected chi connectivity index (χ3v) is 4.69. The lowest BCUT2D eigenvalue weighted by atomic mass is 10.00. The SMILES string of the molecule is Cc1ccc(-c2nc(NC(C)c3ccncn3)ncc2-c2ccc(O)cc2)cc1. The number of phenols is 1. The van der Waals surface area contributed by atoms with Crippen LogP contribution in [-0.2, 0) is 0 Å². The molecule has 0 spiro atoms. The maximum absolute atomic E-state index is 9.62. The van der Waals surface area contributed by atoms with E-state index in [1.54, 1.807) is 18.3 Å². The number of hydrogen-bond donors (Lipinski definition) is 2. The van der Waals surface area contributed by atoms with E-state index in [9.17, 15) is 5.11 Å². The van der Waals surface area contributed by atoms with Crippen molar-refractivity contribution in [2.75, 3.05) is 5.32 Å². The molecule has 0 aliphatic heterocycles. The van der Waals surface area contributed by atoms with Crippen molar-refractivity contribution in [3.05, 3.63) is 84.6 Å². The van der Waals surface area contributed by atoms with E-state index in [2.05, 4.69) is 51.5 Å². The number of aryl methyl sites for hydroxylation is 1. The first kappa shape index (κ1) is 18.6. The fourth-order valence-corrected chi connectivity index (χ4v) is 3.06. The number of benzene rings is 2. The van der Waals surface area contributed by atoms with E-state index in [1.165, 1.54) is 11.9 Å². The predicted octanol–water partition coefficient (Wildman–Crippen LogP) is 4.79. The molecule has 0 bridgehead atoms. The molecule has 2 N–H and O–H groups in total. The fourth-order valence-electron chi connectivity index (χ4n) is 3.06. The monoisotopic (exact) mass is 383 g/mol. The molecule has 4 aromatic rings. The first-order valence-electron chi connectivity index (χ1n) is 9.36. The number of aromatic nitrogens is 4. The quantitative estimate of drug-likeness (QED) is 0.516. The fraction of sp³-hybridized carbons (Fsp3) is 0.130. The van der Waals surface area contributed by atoms with Gasteiger partial charge in [-0.2, -0.15) is 0 Å². The topological polar surface area (TPSA) is 83.8 Å². The van der Waals surface area contributed by atoms with Crippen LogP contribution in [-0.4, -0.2) is 25.0 Å². The van der Waals surface area contributed by atoms with Gasteiger partial charge in [0, 0.05) is 23.5 Å². The van der Waals surface area contributed by atoms with E-state index in [-0.39, 0.29) is 11.8 Å². The zero-order chi connectivity index (χ0) is 20.2. The van der Waals surface area contributed by atoms with Gasteiger partial charge in [0.05, 0.1) is 17.4 Å². The second-order valence-electron chi connectivity index (χ2n) is 6.87. The molecule has 0 aliphatic carbocycles. The Morgan fingerprint density at radius 3 is 2.31 bits per heavy atom. The second-order valence-corrected chi connectivity index (χ2v) is 6.87. The Hall–Kier alpha value is -3.80. The molecule has 0 radical (unpaired) electrons. The zero-order valence-electron chi connectivity index (χ0n) is 16.2. The van der Waals surface area contributed by atoms with Gasteiger partial charge >= 0.3 is 0 Å². The summed E-state index contributed by atoms with van der Waals surface area (Å²) in [5.74, 6) is 0.748. The third kappa shape index (κ3) is 4.21. The molecule has 6 heteroatoms. The number of nitrogens with zero attached hydrogens (tertiary/aromatic N) is 4. The van der Waals surface area contributed by atoms with Crippen LogP contribution < -0.4 is 5.32 Å². The van der Waals surface area contributed by atoms with Crippen LogP contribution in [0.5, 0.6) is 5.75 Å². The van der Waals surface area contributed by atoms with E-state index >= 15 is 0 Å². The molecule has 144 valence electrons. The lowest BCUT2D eigenvalue weighted by Crippen LogP contribution is -2.11. The highest BCUT2D eigenvalue weighted by Crippen LogP contribution is 2.32. The van der Waals surface area contributed by atoms with Crippen LogP contribution in [0.3, 0.4) is 0 Å². The van der Waals surface area contributed by atoms with Crippen LogP contribution in [0.2, 0.25) is 0 Å². The molecule has 29 heavy (non-hydrogen) atoms. The van der Waals surface area contributed by atoms with Crippen LogP contribution in [0.15, 0.2) is 73.3 Å². The summed E-state index contributed by atoms with van der Waals surface area (Å²) < 4.78 is 0. The molecule has 0 saturated carbocycles. The van der Waals surface area contributed by atoms with Gasteiger partial charge in [0.2, 0.25) is 5.95 Å². The summed E-state index contributed by atoms with van der Waals surface area (Å²) in [6.45, 7) is 4.06. The lowest BCUT2D eigenvalue weighted by Gasteiger charge is -2.16. The minimum Gasteiger partial charge on any atom is -0.508 e. The van der Waals surface area contributed by atoms with Gasteiger partial charge in [0.15, 0.2) is 0 Å². The van der Waals surface area contributed by atoms with Crippen LogP contribution in [0.1, 0.15) is 24.2 Å². The normalized spacial score (nSPS) is 11.8. The molecule has 0 amide bonds. The number of aromatic hydroxyl groups is 1. The standard InChI is InChI=1S/C23H21N5O/c1-15-3-5-18(6-4-15)22-20(17-7-9-19(29)10-8-17)13-25-23(28-22)27-16(2)21-11-12-24-14-26-21/h3-14,16,29H,1-2H3,(H,25,27,28). The molecule has 1 unspecified atom stereocenters. The maximum Gasteiger partial charge on any atom is 0.223 e. The van der Waals surface area contributed by atoms with Gasteiger partial charge in [-0.15, -0.1) is 0 Å². The molecule has 2 aromatic heterocycles. The Bertz CT molecular complexity index is 1100. The molecule has 0 fully saturated rings. The van der Waals surface area contributed by atoms with Gasteiger partial charge in [-0.3, -0.25) is 0 Å². The smallest absolute Gasteiger partial charge is 0.223 e. The Labute approximate surface area is 169 Å². The lowest BCUT2D eigenvalue weighted by molar-refractivity contribution is 0.475. The van der Waals surface area contributed by atoms with Crippen LogP contribution in [0.4, 0.5) is 5.95 Å². The van der Waals surface area contributed by atoms with Crippen molar-refractivity contribution in [2.45, 2.75) is 19.9 Å². The van der Waals surface area contributed by atoms with Crippen LogP contribution in [0, 0.1) is 6.92 Å². The minimum absolute atomic E-state index is 0.0663. The summed E-state index contributed by atoms with van der Waals surface area (Å²) in [7, 11) is 0. The van der Waals surface area contributed by atoms with E-state index in [0.717, 1.165) is 28.1 Å². The van der Waals surface area contributed by atoms with E-state index < -0.39 is 0 Å². The molecule has 6 nitrogen and oxygen atoms in total. The summed E-state index contributed by atoms with van der Waals surface area (Å²) >= 11 is 0. The summed E-state index contributed by atoms with van der Waals surface area (Å²) in [6, 6.07) is 17.1. The number of anilines is 1. The zero-order valence-corrected chi connectivity index (χ0v) is 16.2. The maximum atomic E-state index is 9.62. The number of nitrogens with one attached hydrogen (secondary N) is 1. The molecule has 0 saturated heterocycles. The summed E-state index contributed by atoms with van der Waals surface area (Å²) in [6.07, 6.45) is 5.05. The van der Waals surface area contributed by atoms with Crippen molar-refractivity contribution in [1.82, 2.24) is 19.9 Å². The number of hydrogen-bond acceptors (Lipinski definition) is 6. The second kappa shape index (κ2) is 8.06. The Balaban J connectivity index is 1.74. The average molecular weight is 383 g/mol. The van der Waals surface area contributed by atoms with Gasteiger partial charge in [0.1, 0.15) is 12.1 Å². The molecular formula is C23H21N5O. The van der Waals surface area contributed by atoms with Gasteiger partial charge in [-0.1, -0.05) is 42.0 Å². The van der Waals surface area contributed by atoms with Crippen molar-refractivity contribution < 1.29 is 5.11 Å². The van der Waals surface area contributed by atoms with Gasteiger partial charge in [-0.25, -0.2) is 19.9 Å². The molecule has 2 heterocycles. The van der Waals surface area contributed by atoms with Crippen LogP contribution >= 0.6 is 0 Å². The minimum atomic E-state index is -0.0663. The van der Waals surface area contributed by atoms with Gasteiger partial charge in [-0.05, 0) is 37.6 Å². The van der Waals surface area contributed by atoms with Crippen molar-refractivity contribution in [3.63, 3.8) is 0 Å². The van der Waals surface area contributed by atoms with Crippen LogP contribution in [0.25, 0.3) is 22.4 Å². The van der Waals surface area contributed by atoms with Crippen molar-refractivity contribution in [3.8, 4) is 28.1 Å². The number of phenolic OH excluding ortho intramolecular Hbond substituents is 1. The largest absolute Gasteiger partial charge is 0.508 e. The molecule has 0 aliphatic rings. The van der Waals surface area contributed by atoms with Crippen molar-refractivity contribution >= 4 is 5.95 Å². The van der Waals surface area contributed by atoms with Crippen molar-refractivity contribution in [2.24, 2.45) is 0 Å². The predicted molar refractivity (Wildman–Crippen MR) is 113 cm³/mol. The van der Waals surface area contributed by atoms with Gasteiger partial charge in [0.25, 0.3) is 0 Å². The summed E-state index contributed by atoms with van der Waals surface area (Å²) in [4.78, 5) is 17.6. The highest BCUT2D eigenvalue weighted by Gasteiger charge is 2.14. The van der Waals surface area contributed by atoms with E-state index in [1.807, 2.05) is 31.3 Å². The molecule has 2 aromatic carbocycles. The summed E-state index contributed by atoms with van der Waals surface area (Å²) in [5.41, 5.74) is 5.71. The first-order chi connectivity index (χ1) is 14.1. The molecule has 4 rings (SSSR count). The highest BCUT2D eigenvalue weighted by molar-refractivity contribution is 5.81. The average Bonchev–Trinajstić information content (AvgIpc) is 2.75. The van der Waals surface area contributed by atoms with E-state index in [0.29, 0.717) is 5.95 Å². The van der Waals surface area contributed by atoms with E-state index in [4.69, 9.17) is 4.98 Å². The molecular weight excluding hydrogens is 362 g/mol. The number of rotatable bonds is 5. The summed E-state index contributed by atoms with van der Waals surface area (Å²) in [5, 5.41) is 12.9. The first-order valence-corrected chi connectivity index (χ1v) is 9.36.